The van der Waals surface area contributed by atoms with E-state index in [-0.39, 0.29) is 23.8 Å². The van der Waals surface area contributed by atoms with E-state index in [0.29, 0.717) is 4.47 Å². The molecule has 0 spiro atoms. The van der Waals surface area contributed by atoms with Gasteiger partial charge >= 0.3 is 0 Å². The first kappa shape index (κ1) is 18.8. The van der Waals surface area contributed by atoms with Gasteiger partial charge in [-0.1, -0.05) is 35.2 Å². The number of halogens is 3. The molecular formula is C13H19BrClFN2O2S. The van der Waals surface area contributed by atoms with E-state index >= 15 is 0 Å². The van der Waals surface area contributed by atoms with Crippen LogP contribution >= 0.6 is 28.3 Å². The van der Waals surface area contributed by atoms with E-state index < -0.39 is 21.4 Å². The molecular weight excluding hydrogens is 383 g/mol. The fourth-order valence-corrected chi connectivity index (χ4v) is 3.97. The molecule has 0 aromatic heterocycles. The molecule has 0 unspecified atom stereocenters. The molecule has 1 aliphatic carbocycles. The van der Waals surface area contributed by atoms with Crippen LogP contribution in [0.5, 0.6) is 0 Å². The molecule has 0 heterocycles. The highest BCUT2D eigenvalue weighted by molar-refractivity contribution is 9.10. The Bertz CT molecular complexity index is 592. The highest BCUT2D eigenvalue weighted by Gasteiger charge is 2.30. The minimum Gasteiger partial charge on any atom is -0.324 e. The molecule has 1 saturated carbocycles. The van der Waals surface area contributed by atoms with Crippen molar-refractivity contribution in [1.82, 2.24) is 4.72 Å². The first-order valence-corrected chi connectivity index (χ1v) is 8.84. The Kier molecular flexibility index (Phi) is 6.61. The van der Waals surface area contributed by atoms with Gasteiger partial charge in [0.15, 0.2) is 0 Å². The fourth-order valence-electron chi connectivity index (χ4n) is 2.44. The average Bonchev–Trinajstić information content (AvgIpc) is 2.37. The van der Waals surface area contributed by atoms with Crippen LogP contribution in [0.3, 0.4) is 0 Å². The lowest BCUT2D eigenvalue weighted by Gasteiger charge is -2.33. The van der Waals surface area contributed by atoms with Gasteiger partial charge in [-0.25, -0.2) is 17.5 Å². The minimum absolute atomic E-state index is 0. The summed E-state index contributed by atoms with van der Waals surface area (Å²) in [5, 5.41) is 0. The van der Waals surface area contributed by atoms with Crippen molar-refractivity contribution < 1.29 is 12.8 Å². The quantitative estimate of drug-likeness (QED) is 0.815. The maximum Gasteiger partial charge on any atom is 0.243 e. The summed E-state index contributed by atoms with van der Waals surface area (Å²) < 4.78 is 40.9. The molecule has 21 heavy (non-hydrogen) atoms. The number of sulfonamides is 1. The number of benzene rings is 1. The topological polar surface area (TPSA) is 72.2 Å². The summed E-state index contributed by atoms with van der Waals surface area (Å²) in [6.07, 6.45) is 4.72. The van der Waals surface area contributed by atoms with Crippen molar-refractivity contribution in [3.05, 3.63) is 28.5 Å². The zero-order valence-electron chi connectivity index (χ0n) is 11.4. The Morgan fingerprint density at radius 2 is 1.90 bits per heavy atom. The number of hydrogen-bond acceptors (Lipinski definition) is 3. The van der Waals surface area contributed by atoms with Crippen LogP contribution in [-0.4, -0.2) is 20.5 Å². The van der Waals surface area contributed by atoms with Crippen LogP contribution in [-0.2, 0) is 10.0 Å². The van der Waals surface area contributed by atoms with E-state index in [1.807, 2.05) is 0 Å². The van der Waals surface area contributed by atoms with Crippen LogP contribution in [0.4, 0.5) is 4.39 Å². The molecule has 0 atom stereocenters. The normalized spacial score (nSPS) is 18.0. The molecule has 0 saturated heterocycles. The standard InChI is InChI=1S/C13H18BrFN2O2S.ClH/c14-10-4-5-12(11(15)8-10)20(18,19)17-9-13(16)6-2-1-3-7-13;/h4-5,8,17H,1-3,6-7,9,16H2;1H. The second kappa shape index (κ2) is 7.37. The molecule has 120 valence electrons. The SMILES string of the molecule is Cl.NC1(CNS(=O)(=O)c2ccc(Br)cc2F)CCCCC1. The lowest BCUT2D eigenvalue weighted by molar-refractivity contribution is 0.296. The van der Waals surface area contributed by atoms with Crippen molar-refractivity contribution in [1.29, 1.82) is 0 Å². The van der Waals surface area contributed by atoms with Crippen LogP contribution in [0.25, 0.3) is 0 Å². The molecule has 1 aromatic rings. The highest BCUT2D eigenvalue weighted by Crippen LogP contribution is 2.26. The summed E-state index contributed by atoms with van der Waals surface area (Å²) in [7, 11) is -3.87. The molecule has 3 N–H and O–H groups in total. The van der Waals surface area contributed by atoms with Gasteiger partial charge in [0.25, 0.3) is 0 Å². The van der Waals surface area contributed by atoms with Gasteiger partial charge in [0.1, 0.15) is 10.7 Å². The van der Waals surface area contributed by atoms with Gasteiger partial charge < -0.3 is 5.73 Å². The predicted molar refractivity (Wildman–Crippen MR) is 86.5 cm³/mol. The third-order valence-electron chi connectivity index (χ3n) is 3.65. The molecule has 8 heteroatoms. The van der Waals surface area contributed by atoms with Crippen molar-refractivity contribution in [3.63, 3.8) is 0 Å². The Hall–Kier alpha value is -0.210. The van der Waals surface area contributed by atoms with Gasteiger partial charge in [0.2, 0.25) is 10.0 Å². The summed E-state index contributed by atoms with van der Waals surface area (Å²) in [6.45, 7) is 0.144. The van der Waals surface area contributed by atoms with Crippen LogP contribution in [0.15, 0.2) is 27.6 Å². The van der Waals surface area contributed by atoms with Crippen LogP contribution in [0, 0.1) is 5.82 Å². The van der Waals surface area contributed by atoms with E-state index in [1.165, 1.54) is 12.1 Å². The molecule has 0 amide bonds. The first-order chi connectivity index (χ1) is 9.32. The Balaban J connectivity index is 0.00000220. The molecule has 4 nitrogen and oxygen atoms in total. The van der Waals surface area contributed by atoms with Gasteiger partial charge in [-0.2, -0.15) is 0 Å². The van der Waals surface area contributed by atoms with E-state index in [4.69, 9.17) is 5.73 Å². The summed E-state index contributed by atoms with van der Waals surface area (Å²) in [5.41, 5.74) is 5.66. The van der Waals surface area contributed by atoms with E-state index in [0.717, 1.165) is 38.2 Å². The maximum atomic E-state index is 13.7. The van der Waals surface area contributed by atoms with Crippen LogP contribution in [0.1, 0.15) is 32.1 Å². The minimum atomic E-state index is -3.87. The largest absolute Gasteiger partial charge is 0.324 e. The van der Waals surface area contributed by atoms with E-state index in [9.17, 15) is 12.8 Å². The lowest BCUT2D eigenvalue weighted by Crippen LogP contribution is -2.51. The van der Waals surface area contributed by atoms with Crippen LogP contribution < -0.4 is 10.5 Å². The van der Waals surface area contributed by atoms with Crippen LogP contribution in [0.2, 0.25) is 0 Å². The smallest absolute Gasteiger partial charge is 0.243 e. The zero-order valence-corrected chi connectivity index (χ0v) is 14.7. The monoisotopic (exact) mass is 400 g/mol. The molecule has 0 bridgehead atoms. The highest BCUT2D eigenvalue weighted by atomic mass is 79.9. The second-order valence-corrected chi connectivity index (χ2v) is 7.97. The number of nitrogens with one attached hydrogen (secondary N) is 1. The van der Waals surface area contributed by atoms with Gasteiger partial charge in [-0.3, -0.25) is 0 Å². The zero-order chi connectivity index (χ0) is 14.8. The molecule has 1 aromatic carbocycles. The third kappa shape index (κ3) is 4.89. The second-order valence-electron chi connectivity index (χ2n) is 5.32. The van der Waals surface area contributed by atoms with Gasteiger partial charge in [-0.05, 0) is 31.0 Å². The lowest BCUT2D eigenvalue weighted by atomic mass is 9.83. The molecule has 0 aliphatic heterocycles. The van der Waals surface area contributed by atoms with Crippen molar-refractivity contribution in [2.24, 2.45) is 5.73 Å². The van der Waals surface area contributed by atoms with Gasteiger partial charge in [0.05, 0.1) is 0 Å². The van der Waals surface area contributed by atoms with Crippen molar-refractivity contribution in [2.75, 3.05) is 6.54 Å². The summed E-state index contributed by atoms with van der Waals surface area (Å²) in [4.78, 5) is -0.347. The van der Waals surface area contributed by atoms with Crippen molar-refractivity contribution in [3.8, 4) is 0 Å². The summed E-state index contributed by atoms with van der Waals surface area (Å²) >= 11 is 3.10. The maximum absolute atomic E-state index is 13.7. The van der Waals surface area contributed by atoms with Crippen molar-refractivity contribution >= 4 is 38.4 Å². The first-order valence-electron chi connectivity index (χ1n) is 6.56. The number of nitrogens with two attached hydrogens (primary N) is 1. The van der Waals surface area contributed by atoms with E-state index in [1.54, 1.807) is 0 Å². The summed E-state index contributed by atoms with van der Waals surface area (Å²) in [6, 6.07) is 3.87. The Morgan fingerprint density at radius 3 is 2.48 bits per heavy atom. The fraction of sp³-hybridized carbons (Fsp3) is 0.538. The third-order valence-corrected chi connectivity index (χ3v) is 5.57. The summed E-state index contributed by atoms with van der Waals surface area (Å²) in [5.74, 6) is -0.776. The number of rotatable bonds is 4. The Morgan fingerprint density at radius 1 is 1.29 bits per heavy atom. The molecule has 1 fully saturated rings. The van der Waals surface area contributed by atoms with Gasteiger partial charge in [0, 0.05) is 16.6 Å². The average molecular weight is 402 g/mol. The van der Waals surface area contributed by atoms with Gasteiger partial charge in [-0.15, -0.1) is 12.4 Å². The van der Waals surface area contributed by atoms with E-state index in [2.05, 4.69) is 20.7 Å². The molecule has 0 radical (unpaired) electrons. The molecule has 2 rings (SSSR count). The Labute approximate surface area is 139 Å². The van der Waals surface area contributed by atoms with Crippen molar-refractivity contribution in [2.45, 2.75) is 42.5 Å². The number of hydrogen-bond donors (Lipinski definition) is 2. The molecule has 1 aliphatic rings. The predicted octanol–water partition coefficient (Wildman–Crippen LogP) is 2.95.